The van der Waals surface area contributed by atoms with Crippen molar-refractivity contribution < 1.29 is 9.53 Å². The van der Waals surface area contributed by atoms with Crippen molar-refractivity contribution in [1.82, 2.24) is 4.98 Å². The van der Waals surface area contributed by atoms with Gasteiger partial charge in [0.05, 0.1) is 24.1 Å². The van der Waals surface area contributed by atoms with Gasteiger partial charge in [-0.1, -0.05) is 24.4 Å². The molecule has 0 saturated heterocycles. The SMILES string of the molecule is Nc1cnc(Cl)cc1C(=O)OCC1CCCC1. The van der Waals surface area contributed by atoms with Gasteiger partial charge >= 0.3 is 5.97 Å². The summed E-state index contributed by atoms with van der Waals surface area (Å²) in [6, 6.07) is 1.44. The highest BCUT2D eigenvalue weighted by atomic mass is 35.5. The lowest BCUT2D eigenvalue weighted by molar-refractivity contribution is 0.0443. The van der Waals surface area contributed by atoms with Crippen molar-refractivity contribution >= 4 is 23.3 Å². The molecule has 5 heteroatoms. The number of hydrogen-bond donors (Lipinski definition) is 1. The summed E-state index contributed by atoms with van der Waals surface area (Å²) in [6.07, 6.45) is 6.10. The molecule has 1 aliphatic rings. The number of carbonyl (C=O) groups is 1. The highest BCUT2D eigenvalue weighted by Gasteiger charge is 2.18. The number of carbonyl (C=O) groups excluding carboxylic acids is 1. The van der Waals surface area contributed by atoms with E-state index in [9.17, 15) is 4.79 Å². The molecule has 0 aliphatic heterocycles. The minimum absolute atomic E-state index is 0.243. The average Bonchev–Trinajstić information content (AvgIpc) is 2.82. The summed E-state index contributed by atoms with van der Waals surface area (Å²) in [4.78, 5) is 15.6. The van der Waals surface area contributed by atoms with Crippen molar-refractivity contribution in [1.29, 1.82) is 0 Å². The van der Waals surface area contributed by atoms with E-state index in [1.54, 1.807) is 0 Å². The van der Waals surface area contributed by atoms with Crippen molar-refractivity contribution in [3.8, 4) is 0 Å². The van der Waals surface area contributed by atoms with Crippen molar-refractivity contribution in [2.75, 3.05) is 12.3 Å². The summed E-state index contributed by atoms with van der Waals surface area (Å²) in [5.74, 6) is 0.0798. The van der Waals surface area contributed by atoms with Gasteiger partial charge < -0.3 is 10.5 Å². The van der Waals surface area contributed by atoms with Gasteiger partial charge in [0.1, 0.15) is 5.15 Å². The van der Waals surface area contributed by atoms with Gasteiger partial charge in [0.15, 0.2) is 0 Å². The van der Waals surface area contributed by atoms with Crippen LogP contribution in [0.5, 0.6) is 0 Å². The molecule has 0 atom stereocenters. The van der Waals surface area contributed by atoms with Crippen LogP contribution in [0.1, 0.15) is 36.0 Å². The maximum absolute atomic E-state index is 11.8. The second-order valence-electron chi connectivity index (χ2n) is 4.34. The zero-order chi connectivity index (χ0) is 12.3. The first-order chi connectivity index (χ1) is 8.16. The molecule has 1 fully saturated rings. The molecule has 0 spiro atoms. The molecular formula is C12H15ClN2O2. The number of nitrogen functional groups attached to an aromatic ring is 1. The van der Waals surface area contributed by atoms with E-state index in [1.807, 2.05) is 0 Å². The molecule has 0 bridgehead atoms. The minimum Gasteiger partial charge on any atom is -0.462 e. The lowest BCUT2D eigenvalue weighted by atomic mass is 10.1. The average molecular weight is 255 g/mol. The van der Waals surface area contributed by atoms with Crippen molar-refractivity contribution in [2.45, 2.75) is 25.7 Å². The predicted molar refractivity (Wildman–Crippen MR) is 65.9 cm³/mol. The van der Waals surface area contributed by atoms with Gasteiger partial charge in [-0.15, -0.1) is 0 Å². The number of rotatable bonds is 3. The first-order valence-corrected chi connectivity index (χ1v) is 6.13. The number of nitrogens with zero attached hydrogens (tertiary/aromatic N) is 1. The Kier molecular flexibility index (Phi) is 3.84. The third kappa shape index (κ3) is 3.09. The molecule has 0 unspecified atom stereocenters. The van der Waals surface area contributed by atoms with Crippen molar-refractivity contribution in [3.63, 3.8) is 0 Å². The molecule has 0 aromatic carbocycles. The number of hydrogen-bond acceptors (Lipinski definition) is 4. The third-order valence-electron chi connectivity index (χ3n) is 3.05. The maximum atomic E-state index is 11.8. The molecule has 2 rings (SSSR count). The smallest absolute Gasteiger partial charge is 0.340 e. The predicted octanol–water partition coefficient (Wildman–Crippen LogP) is 2.66. The lowest BCUT2D eigenvalue weighted by Crippen LogP contribution is -2.13. The summed E-state index contributed by atoms with van der Waals surface area (Å²) in [7, 11) is 0. The summed E-state index contributed by atoms with van der Waals surface area (Å²) < 4.78 is 5.24. The Morgan fingerprint density at radius 1 is 1.53 bits per heavy atom. The van der Waals surface area contributed by atoms with Gasteiger partial charge in [-0.3, -0.25) is 0 Å². The van der Waals surface area contributed by atoms with Crippen LogP contribution in [0.3, 0.4) is 0 Å². The fraction of sp³-hybridized carbons (Fsp3) is 0.500. The van der Waals surface area contributed by atoms with E-state index in [2.05, 4.69) is 4.98 Å². The number of halogens is 1. The first kappa shape index (κ1) is 12.2. The topological polar surface area (TPSA) is 65.2 Å². The maximum Gasteiger partial charge on any atom is 0.340 e. The molecule has 4 nitrogen and oxygen atoms in total. The Morgan fingerprint density at radius 3 is 2.94 bits per heavy atom. The van der Waals surface area contributed by atoms with Crippen LogP contribution in [0.4, 0.5) is 5.69 Å². The van der Waals surface area contributed by atoms with Crippen molar-refractivity contribution in [3.05, 3.63) is 23.0 Å². The van der Waals surface area contributed by atoms with Crippen molar-refractivity contribution in [2.24, 2.45) is 5.92 Å². The Balaban J connectivity index is 1.96. The number of pyridine rings is 1. The first-order valence-electron chi connectivity index (χ1n) is 5.75. The van der Waals surface area contributed by atoms with Crippen LogP contribution in [0.15, 0.2) is 12.3 Å². The summed E-state index contributed by atoms with van der Waals surface area (Å²) >= 11 is 5.71. The Bertz CT molecular complexity index is 417. The fourth-order valence-corrected chi connectivity index (χ4v) is 2.22. The molecule has 17 heavy (non-hydrogen) atoms. The quantitative estimate of drug-likeness (QED) is 0.665. The number of aromatic nitrogens is 1. The summed E-state index contributed by atoms with van der Waals surface area (Å²) in [5.41, 5.74) is 6.24. The van der Waals surface area contributed by atoms with Gasteiger partial charge in [-0.25, -0.2) is 9.78 Å². The van der Waals surface area contributed by atoms with E-state index in [1.165, 1.54) is 25.1 Å². The second-order valence-corrected chi connectivity index (χ2v) is 4.73. The number of ether oxygens (including phenoxy) is 1. The third-order valence-corrected chi connectivity index (χ3v) is 3.25. The molecule has 1 heterocycles. The zero-order valence-electron chi connectivity index (χ0n) is 9.49. The van der Waals surface area contributed by atoms with Crippen LogP contribution in [-0.4, -0.2) is 17.6 Å². The van der Waals surface area contributed by atoms with Gasteiger partial charge in [-0.2, -0.15) is 0 Å². The van der Waals surface area contributed by atoms with Crippen LogP contribution >= 0.6 is 11.6 Å². The van der Waals surface area contributed by atoms with E-state index in [4.69, 9.17) is 22.1 Å². The molecule has 92 valence electrons. The number of nitrogens with two attached hydrogens (primary N) is 1. The van der Waals surface area contributed by atoms with Crippen LogP contribution in [-0.2, 0) is 4.74 Å². The molecule has 1 saturated carbocycles. The lowest BCUT2D eigenvalue weighted by Gasteiger charge is -2.11. The van der Waals surface area contributed by atoms with E-state index >= 15 is 0 Å². The highest BCUT2D eigenvalue weighted by Crippen LogP contribution is 2.25. The van der Waals surface area contributed by atoms with Crippen LogP contribution in [0.25, 0.3) is 0 Å². The van der Waals surface area contributed by atoms with Gasteiger partial charge in [-0.05, 0) is 24.8 Å². The molecule has 1 aliphatic carbocycles. The van der Waals surface area contributed by atoms with E-state index in [-0.39, 0.29) is 5.15 Å². The molecule has 1 aromatic rings. The van der Waals surface area contributed by atoms with Gasteiger partial charge in [0, 0.05) is 0 Å². The normalized spacial score (nSPS) is 16.1. The van der Waals surface area contributed by atoms with Gasteiger partial charge in [0.25, 0.3) is 0 Å². The molecular weight excluding hydrogens is 240 g/mol. The Labute approximate surface area is 105 Å². The van der Waals surface area contributed by atoms with E-state index in [0.29, 0.717) is 23.8 Å². The number of esters is 1. The fourth-order valence-electron chi connectivity index (χ4n) is 2.07. The molecule has 0 amide bonds. The molecule has 2 N–H and O–H groups in total. The van der Waals surface area contributed by atoms with E-state index in [0.717, 1.165) is 12.8 Å². The van der Waals surface area contributed by atoms with Gasteiger partial charge in [0.2, 0.25) is 0 Å². The van der Waals surface area contributed by atoms with Crippen LogP contribution in [0.2, 0.25) is 5.15 Å². The zero-order valence-corrected chi connectivity index (χ0v) is 10.2. The van der Waals surface area contributed by atoms with Crippen LogP contribution < -0.4 is 5.73 Å². The monoisotopic (exact) mass is 254 g/mol. The summed E-state index contributed by atoms with van der Waals surface area (Å²) in [6.45, 7) is 0.470. The second kappa shape index (κ2) is 5.36. The molecule has 0 radical (unpaired) electrons. The van der Waals surface area contributed by atoms with E-state index < -0.39 is 5.97 Å². The Hall–Kier alpha value is -1.29. The number of anilines is 1. The standard InChI is InChI=1S/C12H15ClN2O2/c13-11-5-9(10(14)6-15-11)12(16)17-7-8-3-1-2-4-8/h5-6,8H,1-4,7,14H2. The van der Waals surface area contributed by atoms with Crippen LogP contribution in [0, 0.1) is 5.92 Å². The highest BCUT2D eigenvalue weighted by molar-refractivity contribution is 6.29. The summed E-state index contributed by atoms with van der Waals surface area (Å²) in [5, 5.41) is 0.243. The molecule has 1 aromatic heterocycles. The largest absolute Gasteiger partial charge is 0.462 e. The Morgan fingerprint density at radius 2 is 2.24 bits per heavy atom. The minimum atomic E-state index is -0.418.